The van der Waals surface area contributed by atoms with Crippen LogP contribution < -0.4 is 0 Å². The highest BCUT2D eigenvalue weighted by molar-refractivity contribution is 7.13. The normalized spacial score (nSPS) is 16.3. The van der Waals surface area contributed by atoms with Crippen LogP contribution in [-0.2, 0) is 6.54 Å². The second-order valence-corrected chi connectivity index (χ2v) is 9.78. The Kier molecular flexibility index (Phi) is 6.44. The number of aromatic nitrogens is 2. The Bertz CT molecular complexity index is 1300. The van der Waals surface area contributed by atoms with Gasteiger partial charge < -0.3 is 15.0 Å². The lowest BCUT2D eigenvalue weighted by molar-refractivity contribution is 0.0850. The number of fused-ring (bicyclic) bond motifs is 2. The lowest BCUT2D eigenvalue weighted by atomic mass is 9.96. The van der Waals surface area contributed by atoms with Crippen LogP contribution >= 0.6 is 11.5 Å². The highest BCUT2D eigenvalue weighted by Gasteiger charge is 2.23. The van der Waals surface area contributed by atoms with Gasteiger partial charge in [-0.3, -0.25) is 3.96 Å². The number of aromatic amines is 1. The van der Waals surface area contributed by atoms with Gasteiger partial charge in [0.1, 0.15) is 11.6 Å². The molecule has 0 bridgehead atoms. The number of piperidine rings is 1. The van der Waals surface area contributed by atoms with E-state index >= 15 is 0 Å². The minimum atomic E-state index is -0.960. The molecule has 4 aromatic rings. The van der Waals surface area contributed by atoms with Crippen LogP contribution in [0.3, 0.4) is 0 Å². The molecule has 0 saturated carbocycles. The maximum atomic E-state index is 14.0. The lowest BCUT2D eigenvalue weighted by Crippen LogP contribution is -2.37. The number of halogens is 2. The van der Waals surface area contributed by atoms with Gasteiger partial charge in [0.15, 0.2) is 0 Å². The molecule has 33 heavy (non-hydrogen) atoms. The third-order valence-electron chi connectivity index (χ3n) is 6.42. The number of nitrogens with one attached hydrogen (secondary N) is 1. The fourth-order valence-electron chi connectivity index (χ4n) is 4.60. The first-order chi connectivity index (χ1) is 16.1. The first kappa shape index (κ1) is 22.1. The van der Waals surface area contributed by atoms with Crippen molar-refractivity contribution in [1.82, 2.24) is 13.8 Å². The molecular formula is C26H27F2N3OS. The fourth-order valence-corrected chi connectivity index (χ4v) is 5.73. The van der Waals surface area contributed by atoms with Crippen LogP contribution in [-0.4, -0.2) is 38.6 Å². The van der Waals surface area contributed by atoms with E-state index in [0.29, 0.717) is 12.5 Å². The van der Waals surface area contributed by atoms with Gasteiger partial charge in [0.25, 0.3) is 0 Å². The molecular weight excluding hydrogens is 440 g/mol. The van der Waals surface area contributed by atoms with Crippen molar-refractivity contribution in [1.29, 1.82) is 0 Å². The van der Waals surface area contributed by atoms with Crippen molar-refractivity contribution in [3.8, 4) is 0 Å². The van der Waals surface area contributed by atoms with Gasteiger partial charge in [-0.2, -0.15) is 0 Å². The van der Waals surface area contributed by atoms with Gasteiger partial charge in [-0.1, -0.05) is 41.9 Å². The van der Waals surface area contributed by atoms with Crippen LogP contribution in [0, 0.1) is 17.6 Å². The summed E-state index contributed by atoms with van der Waals surface area (Å²) in [7, 11) is 0. The van der Waals surface area contributed by atoms with E-state index < -0.39 is 17.7 Å². The first-order valence-corrected chi connectivity index (χ1v) is 12.1. The number of benzene rings is 3. The van der Waals surface area contributed by atoms with Gasteiger partial charge in [-0.25, -0.2) is 8.78 Å². The van der Waals surface area contributed by atoms with Gasteiger partial charge in [-0.05, 0) is 62.2 Å². The summed E-state index contributed by atoms with van der Waals surface area (Å²) in [6.45, 7) is 2.98. The van der Waals surface area contributed by atoms with E-state index in [0.717, 1.165) is 49.6 Å². The number of rotatable bonds is 5. The Hall–Kier alpha value is -2.74. The first-order valence-electron chi connectivity index (χ1n) is 11.3. The smallest absolute Gasteiger partial charge is 0.131 e. The SMILES string of the molecule is OC(CN1CCC(Cn2sc3ccccc3[nH]c3ccccc32)CC1)c1ccc(F)cc1F. The Morgan fingerprint density at radius 3 is 2.48 bits per heavy atom. The molecule has 1 aliphatic rings. The number of β-amino-alcohol motifs (C(OH)–C–C–N with tert-alkyl or cyclic N) is 1. The topological polar surface area (TPSA) is 44.2 Å². The Morgan fingerprint density at radius 2 is 1.70 bits per heavy atom. The quantitative estimate of drug-likeness (QED) is 0.376. The number of H-pyrrole nitrogens is 1. The molecule has 0 aliphatic carbocycles. The van der Waals surface area contributed by atoms with Crippen LogP contribution in [0.2, 0.25) is 0 Å². The number of hydrogen-bond acceptors (Lipinski definition) is 3. The zero-order valence-corrected chi connectivity index (χ0v) is 19.1. The number of para-hydroxylation sites is 3. The standard InChI is InChI=1S/C26H27F2N3OS/c27-19-9-10-20(21(28)15-19)25(32)17-30-13-11-18(12-14-30)16-31-24-7-3-1-5-22(24)29-23-6-2-4-8-26(23)33-31/h1-10,15,18,25,29,32H,11-14,16-17H2. The monoisotopic (exact) mass is 467 g/mol. The molecule has 3 aromatic carbocycles. The molecule has 0 spiro atoms. The second-order valence-electron chi connectivity index (χ2n) is 8.72. The molecule has 4 nitrogen and oxygen atoms in total. The lowest BCUT2D eigenvalue weighted by Gasteiger charge is -2.33. The maximum absolute atomic E-state index is 14.0. The molecule has 1 unspecified atom stereocenters. The average Bonchev–Trinajstić information content (AvgIpc) is 2.97. The molecule has 2 heterocycles. The van der Waals surface area contributed by atoms with E-state index in [1.807, 2.05) is 6.07 Å². The van der Waals surface area contributed by atoms with Gasteiger partial charge in [-0.15, -0.1) is 0 Å². The molecule has 1 aromatic heterocycles. The summed E-state index contributed by atoms with van der Waals surface area (Å²) >= 11 is 1.77. The van der Waals surface area contributed by atoms with Gasteiger partial charge in [0.2, 0.25) is 0 Å². The number of hydrogen-bond donors (Lipinski definition) is 2. The van der Waals surface area contributed by atoms with E-state index in [4.69, 9.17) is 0 Å². The van der Waals surface area contributed by atoms with Crippen molar-refractivity contribution < 1.29 is 13.9 Å². The maximum Gasteiger partial charge on any atom is 0.131 e. The van der Waals surface area contributed by atoms with Crippen molar-refractivity contribution in [2.24, 2.45) is 5.92 Å². The zero-order chi connectivity index (χ0) is 22.8. The predicted octanol–water partition coefficient (Wildman–Crippen LogP) is 6.03. The summed E-state index contributed by atoms with van der Waals surface area (Å²) in [5.74, 6) is -0.801. The van der Waals surface area contributed by atoms with Crippen molar-refractivity contribution in [2.45, 2.75) is 25.5 Å². The number of aliphatic hydroxyl groups excluding tert-OH is 1. The molecule has 1 atom stereocenters. The van der Waals surface area contributed by atoms with Crippen LogP contribution in [0.15, 0.2) is 66.7 Å². The molecule has 2 N–H and O–H groups in total. The van der Waals surface area contributed by atoms with Crippen molar-refractivity contribution in [3.63, 3.8) is 0 Å². The molecule has 1 saturated heterocycles. The minimum Gasteiger partial charge on any atom is -0.387 e. The summed E-state index contributed by atoms with van der Waals surface area (Å²) in [6.07, 6.45) is 1.05. The van der Waals surface area contributed by atoms with E-state index in [1.165, 1.54) is 22.3 Å². The van der Waals surface area contributed by atoms with Crippen LogP contribution in [0.1, 0.15) is 24.5 Å². The fraction of sp³-hybridized carbons (Fsp3) is 0.308. The van der Waals surface area contributed by atoms with E-state index in [9.17, 15) is 13.9 Å². The Labute approximate surface area is 195 Å². The Morgan fingerprint density at radius 1 is 0.970 bits per heavy atom. The number of likely N-dealkylation sites (tertiary alicyclic amines) is 1. The molecule has 7 heteroatoms. The molecule has 172 valence electrons. The second kappa shape index (κ2) is 9.63. The van der Waals surface area contributed by atoms with Crippen LogP contribution in [0.25, 0.3) is 21.3 Å². The average molecular weight is 468 g/mol. The molecule has 5 rings (SSSR count). The van der Waals surface area contributed by atoms with E-state index in [2.05, 4.69) is 56.3 Å². The summed E-state index contributed by atoms with van der Waals surface area (Å²) in [5, 5.41) is 10.5. The van der Waals surface area contributed by atoms with E-state index in [1.54, 1.807) is 11.5 Å². The third kappa shape index (κ3) is 4.95. The summed E-state index contributed by atoms with van der Waals surface area (Å²) in [6, 6.07) is 20.1. The largest absolute Gasteiger partial charge is 0.387 e. The van der Waals surface area contributed by atoms with Gasteiger partial charge in [0, 0.05) is 24.7 Å². The van der Waals surface area contributed by atoms with Crippen molar-refractivity contribution in [2.75, 3.05) is 19.6 Å². The van der Waals surface area contributed by atoms with Crippen LogP contribution in [0.4, 0.5) is 8.78 Å². The van der Waals surface area contributed by atoms with Crippen molar-refractivity contribution in [3.05, 3.63) is 83.9 Å². The Balaban J connectivity index is 1.29. The molecule has 0 radical (unpaired) electrons. The highest BCUT2D eigenvalue weighted by Crippen LogP contribution is 2.27. The minimum absolute atomic E-state index is 0.155. The van der Waals surface area contributed by atoms with Gasteiger partial charge >= 0.3 is 0 Å². The predicted molar refractivity (Wildman–Crippen MR) is 130 cm³/mol. The third-order valence-corrected chi connectivity index (χ3v) is 7.54. The number of nitrogens with zero attached hydrogens (tertiary/aromatic N) is 2. The summed E-state index contributed by atoms with van der Waals surface area (Å²) in [5.41, 5.74) is 3.57. The summed E-state index contributed by atoms with van der Waals surface area (Å²) < 4.78 is 30.8. The van der Waals surface area contributed by atoms with E-state index in [-0.39, 0.29) is 5.56 Å². The molecule has 0 amide bonds. The molecule has 1 aliphatic heterocycles. The summed E-state index contributed by atoms with van der Waals surface area (Å²) in [4.78, 5) is 5.74. The number of aliphatic hydroxyl groups is 1. The van der Waals surface area contributed by atoms with Gasteiger partial charge in [0.05, 0.1) is 27.4 Å². The molecule has 1 fully saturated rings. The van der Waals surface area contributed by atoms with Crippen LogP contribution in [0.5, 0.6) is 0 Å². The highest BCUT2D eigenvalue weighted by atomic mass is 32.1. The van der Waals surface area contributed by atoms with Crippen molar-refractivity contribution >= 4 is 32.8 Å². The zero-order valence-electron chi connectivity index (χ0n) is 18.3.